The molecule has 0 N–H and O–H groups in total. The first kappa shape index (κ1) is 12.5. The maximum absolute atomic E-state index is 12.8. The van der Waals surface area contributed by atoms with Gasteiger partial charge in [-0.1, -0.05) is 24.3 Å². The van der Waals surface area contributed by atoms with Gasteiger partial charge in [0.05, 0.1) is 0 Å². The molecule has 0 heterocycles. The van der Waals surface area contributed by atoms with Crippen molar-refractivity contribution < 1.29 is 4.79 Å². The van der Waals surface area contributed by atoms with Crippen molar-refractivity contribution in [3.05, 3.63) is 42.0 Å². The third-order valence-electron chi connectivity index (χ3n) is 4.49. The molecule has 0 radical (unpaired) electrons. The number of allylic oxidation sites excluding steroid dienone is 2. The molecule has 2 aliphatic carbocycles. The van der Waals surface area contributed by atoms with Gasteiger partial charge in [0.25, 0.3) is 0 Å². The summed E-state index contributed by atoms with van der Waals surface area (Å²) in [6, 6.07) is 8.24. The summed E-state index contributed by atoms with van der Waals surface area (Å²) in [4.78, 5) is 14.7. The molecule has 0 spiro atoms. The van der Waals surface area contributed by atoms with Crippen molar-refractivity contribution in [2.24, 2.45) is 17.8 Å². The zero-order chi connectivity index (χ0) is 13.4. The van der Waals surface area contributed by atoms with E-state index >= 15 is 0 Å². The summed E-state index contributed by atoms with van der Waals surface area (Å²) in [6.07, 6.45) is 6.77. The molecule has 3 rings (SSSR count). The predicted molar refractivity (Wildman–Crippen MR) is 78.1 cm³/mol. The van der Waals surface area contributed by atoms with Gasteiger partial charge in [-0.25, -0.2) is 0 Å². The van der Waals surface area contributed by atoms with Gasteiger partial charge in [0, 0.05) is 18.2 Å². The molecule has 1 aromatic carbocycles. The molecule has 19 heavy (non-hydrogen) atoms. The van der Waals surface area contributed by atoms with Crippen LogP contribution in [0.15, 0.2) is 36.4 Å². The summed E-state index contributed by atoms with van der Waals surface area (Å²) in [5.41, 5.74) is 2.25. The average molecular weight is 255 g/mol. The third kappa shape index (κ3) is 2.20. The molecule has 2 aliphatic rings. The largest absolute Gasteiger partial charge is 0.312 e. The van der Waals surface area contributed by atoms with Gasteiger partial charge in [-0.15, -0.1) is 0 Å². The van der Waals surface area contributed by atoms with E-state index in [4.69, 9.17) is 0 Å². The fourth-order valence-electron chi connectivity index (χ4n) is 3.53. The summed E-state index contributed by atoms with van der Waals surface area (Å²) in [6.45, 7) is 4.88. The number of fused-ring (bicyclic) bond motifs is 2. The van der Waals surface area contributed by atoms with Crippen LogP contribution >= 0.6 is 0 Å². The van der Waals surface area contributed by atoms with Crippen LogP contribution in [0, 0.1) is 24.7 Å². The van der Waals surface area contributed by atoms with Crippen molar-refractivity contribution >= 4 is 11.6 Å². The Labute approximate surface area is 115 Å². The number of nitrogens with zero attached hydrogens (tertiary/aromatic N) is 1. The van der Waals surface area contributed by atoms with E-state index in [1.807, 2.05) is 17.0 Å². The number of rotatable bonds is 3. The van der Waals surface area contributed by atoms with Gasteiger partial charge in [0.2, 0.25) is 5.91 Å². The highest BCUT2D eigenvalue weighted by Gasteiger charge is 2.41. The minimum Gasteiger partial charge on any atom is -0.312 e. The molecule has 2 nitrogen and oxygen atoms in total. The first-order valence-corrected chi connectivity index (χ1v) is 7.25. The molecule has 100 valence electrons. The average Bonchev–Trinajstić information content (AvgIpc) is 3.02. The lowest BCUT2D eigenvalue weighted by molar-refractivity contribution is -0.123. The molecule has 1 aromatic rings. The second-order valence-electron chi connectivity index (χ2n) is 5.81. The van der Waals surface area contributed by atoms with Gasteiger partial charge in [-0.05, 0) is 56.2 Å². The van der Waals surface area contributed by atoms with Crippen LogP contribution in [0.1, 0.15) is 25.3 Å². The number of carbonyl (C=O) groups is 1. The Morgan fingerprint density at radius 2 is 2.16 bits per heavy atom. The van der Waals surface area contributed by atoms with Crippen molar-refractivity contribution in [3.8, 4) is 0 Å². The number of amides is 1. The second kappa shape index (κ2) is 4.84. The van der Waals surface area contributed by atoms with Gasteiger partial charge in [-0.3, -0.25) is 4.79 Å². The Morgan fingerprint density at radius 3 is 2.74 bits per heavy atom. The Morgan fingerprint density at radius 1 is 1.32 bits per heavy atom. The summed E-state index contributed by atoms with van der Waals surface area (Å²) in [5, 5.41) is 0. The number of anilines is 1. The zero-order valence-electron chi connectivity index (χ0n) is 11.7. The molecular formula is C17H21NO. The van der Waals surface area contributed by atoms with E-state index in [2.05, 4.69) is 38.1 Å². The van der Waals surface area contributed by atoms with Crippen LogP contribution in [0.25, 0.3) is 0 Å². The SMILES string of the molecule is CCN(C(=O)C1CC2C=CC1C2)c1cccc(C)c1. The molecular weight excluding hydrogens is 234 g/mol. The lowest BCUT2D eigenvalue weighted by Crippen LogP contribution is -2.37. The normalized spacial score (nSPS) is 27.8. The fourth-order valence-corrected chi connectivity index (χ4v) is 3.53. The molecule has 2 heteroatoms. The van der Waals surface area contributed by atoms with E-state index in [0.717, 1.165) is 18.7 Å². The Bertz CT molecular complexity index is 520. The van der Waals surface area contributed by atoms with Gasteiger partial charge >= 0.3 is 0 Å². The number of carbonyl (C=O) groups excluding carboxylic acids is 1. The van der Waals surface area contributed by atoms with Crippen LogP contribution in [-0.2, 0) is 4.79 Å². The molecule has 1 saturated carbocycles. The number of hydrogen-bond acceptors (Lipinski definition) is 1. The van der Waals surface area contributed by atoms with E-state index in [9.17, 15) is 4.79 Å². The smallest absolute Gasteiger partial charge is 0.230 e. The van der Waals surface area contributed by atoms with Gasteiger partial charge in [0.15, 0.2) is 0 Å². The van der Waals surface area contributed by atoms with Crippen molar-refractivity contribution in [2.75, 3.05) is 11.4 Å². The van der Waals surface area contributed by atoms with Crippen molar-refractivity contribution in [1.82, 2.24) is 0 Å². The van der Waals surface area contributed by atoms with Crippen LogP contribution in [0.3, 0.4) is 0 Å². The molecule has 0 aliphatic heterocycles. The van der Waals surface area contributed by atoms with Crippen LogP contribution in [0.4, 0.5) is 5.69 Å². The maximum Gasteiger partial charge on any atom is 0.230 e. The standard InChI is InChI=1S/C17H21NO/c1-3-18(15-6-4-5-12(2)9-15)17(19)16-11-13-7-8-14(16)10-13/h4-9,13-14,16H,3,10-11H2,1-2H3. The fraction of sp³-hybridized carbons (Fsp3) is 0.471. The molecule has 0 saturated heterocycles. The lowest BCUT2D eigenvalue weighted by Gasteiger charge is -2.27. The number of aryl methyl sites for hydroxylation is 1. The van der Waals surface area contributed by atoms with Gasteiger partial charge < -0.3 is 4.90 Å². The third-order valence-corrected chi connectivity index (χ3v) is 4.49. The molecule has 3 atom stereocenters. The number of benzene rings is 1. The first-order chi connectivity index (χ1) is 9.19. The van der Waals surface area contributed by atoms with Crippen LogP contribution in [-0.4, -0.2) is 12.5 Å². The molecule has 2 bridgehead atoms. The Balaban J connectivity index is 1.82. The van der Waals surface area contributed by atoms with Crippen LogP contribution < -0.4 is 4.90 Å². The first-order valence-electron chi connectivity index (χ1n) is 7.25. The monoisotopic (exact) mass is 255 g/mol. The van der Waals surface area contributed by atoms with Crippen molar-refractivity contribution in [1.29, 1.82) is 0 Å². The Kier molecular flexibility index (Phi) is 3.17. The Hall–Kier alpha value is -1.57. The highest BCUT2D eigenvalue weighted by Crippen LogP contribution is 2.44. The van der Waals surface area contributed by atoms with Crippen molar-refractivity contribution in [2.45, 2.75) is 26.7 Å². The summed E-state index contributed by atoms with van der Waals surface area (Å²) < 4.78 is 0. The highest BCUT2D eigenvalue weighted by atomic mass is 16.2. The van der Waals surface area contributed by atoms with Crippen LogP contribution in [0.5, 0.6) is 0 Å². The van der Waals surface area contributed by atoms with Gasteiger partial charge in [0.1, 0.15) is 0 Å². The molecule has 1 amide bonds. The van der Waals surface area contributed by atoms with E-state index in [-0.39, 0.29) is 5.92 Å². The molecule has 0 aromatic heterocycles. The van der Waals surface area contributed by atoms with Crippen molar-refractivity contribution in [3.63, 3.8) is 0 Å². The van der Waals surface area contributed by atoms with Gasteiger partial charge in [-0.2, -0.15) is 0 Å². The topological polar surface area (TPSA) is 20.3 Å². The van der Waals surface area contributed by atoms with E-state index in [1.165, 1.54) is 12.0 Å². The molecule has 3 unspecified atom stereocenters. The quantitative estimate of drug-likeness (QED) is 0.756. The maximum atomic E-state index is 12.8. The highest BCUT2D eigenvalue weighted by molar-refractivity contribution is 5.95. The zero-order valence-corrected chi connectivity index (χ0v) is 11.7. The molecule has 1 fully saturated rings. The summed E-state index contributed by atoms with van der Waals surface area (Å²) in [7, 11) is 0. The van der Waals surface area contributed by atoms with E-state index in [1.54, 1.807) is 0 Å². The van der Waals surface area contributed by atoms with Crippen LogP contribution in [0.2, 0.25) is 0 Å². The number of hydrogen-bond donors (Lipinski definition) is 0. The second-order valence-corrected chi connectivity index (χ2v) is 5.81. The minimum absolute atomic E-state index is 0.204. The lowest BCUT2D eigenvalue weighted by atomic mass is 9.92. The summed E-state index contributed by atoms with van der Waals surface area (Å²) in [5.74, 6) is 1.65. The van der Waals surface area contributed by atoms with E-state index < -0.39 is 0 Å². The summed E-state index contributed by atoms with van der Waals surface area (Å²) >= 11 is 0. The predicted octanol–water partition coefficient (Wildman–Crippen LogP) is 3.56. The van der Waals surface area contributed by atoms with E-state index in [0.29, 0.717) is 17.7 Å². The minimum atomic E-state index is 0.204.